The van der Waals surface area contributed by atoms with E-state index in [4.69, 9.17) is 12.2 Å². The van der Waals surface area contributed by atoms with Crippen LogP contribution in [-0.2, 0) is 0 Å². The maximum absolute atomic E-state index is 5.19. The van der Waals surface area contributed by atoms with Gasteiger partial charge in [0.25, 0.3) is 0 Å². The number of hydrogen-bond donors (Lipinski definition) is 1. The molecule has 0 aromatic heterocycles. The predicted molar refractivity (Wildman–Crippen MR) is 85.3 cm³/mol. The molecule has 0 aromatic carbocycles. The van der Waals surface area contributed by atoms with Crippen LogP contribution in [0.4, 0.5) is 0 Å². The molecule has 2 atom stereocenters. The maximum Gasteiger partial charge on any atom is 0.0407 e. The van der Waals surface area contributed by atoms with E-state index in [0.29, 0.717) is 11.2 Å². The standard InChI is InChI=1S/C15H28S2/c1-2-3-4-5-6-7-8-9-10-11-12-13-14(16)15(13)17/h13-14,16H,2-12H2,1H3. The summed E-state index contributed by atoms with van der Waals surface area (Å²) < 4.78 is 0. The first-order chi connectivity index (χ1) is 8.27. The number of thiocarbonyl (C=S) groups is 1. The Morgan fingerprint density at radius 2 is 1.29 bits per heavy atom. The predicted octanol–water partition coefficient (Wildman–Crippen LogP) is 5.60. The summed E-state index contributed by atoms with van der Waals surface area (Å²) in [6, 6.07) is 0. The minimum atomic E-state index is 0.462. The van der Waals surface area contributed by atoms with E-state index in [0.717, 1.165) is 0 Å². The third kappa shape index (κ3) is 6.81. The summed E-state index contributed by atoms with van der Waals surface area (Å²) in [7, 11) is 0. The van der Waals surface area contributed by atoms with Crippen LogP contribution in [0.1, 0.15) is 77.6 Å². The summed E-state index contributed by atoms with van der Waals surface area (Å²) in [6.45, 7) is 2.28. The van der Waals surface area contributed by atoms with Gasteiger partial charge >= 0.3 is 0 Å². The third-order valence-electron chi connectivity index (χ3n) is 3.80. The normalized spacial score (nSPS) is 23.1. The number of hydrogen-bond acceptors (Lipinski definition) is 2. The fourth-order valence-electron chi connectivity index (χ4n) is 2.43. The minimum Gasteiger partial charge on any atom is -0.170 e. The van der Waals surface area contributed by atoms with Crippen molar-refractivity contribution in [3.05, 3.63) is 0 Å². The molecule has 0 aliphatic heterocycles. The summed E-state index contributed by atoms with van der Waals surface area (Å²) in [5.41, 5.74) is 0. The highest BCUT2D eigenvalue weighted by Gasteiger charge is 2.40. The topological polar surface area (TPSA) is 0 Å². The molecule has 0 saturated heterocycles. The van der Waals surface area contributed by atoms with Gasteiger partial charge in [-0.05, 0) is 6.42 Å². The zero-order valence-corrected chi connectivity index (χ0v) is 13.0. The van der Waals surface area contributed by atoms with Crippen molar-refractivity contribution in [2.24, 2.45) is 5.92 Å². The van der Waals surface area contributed by atoms with E-state index in [1.807, 2.05) is 0 Å². The molecule has 1 fully saturated rings. The van der Waals surface area contributed by atoms with Crippen LogP contribution >= 0.6 is 24.8 Å². The number of rotatable bonds is 11. The Morgan fingerprint density at radius 1 is 0.882 bits per heavy atom. The molecule has 0 bridgehead atoms. The fraction of sp³-hybridized carbons (Fsp3) is 0.933. The molecule has 2 unspecified atom stereocenters. The fourth-order valence-corrected chi connectivity index (χ4v) is 3.29. The average molecular weight is 273 g/mol. The van der Waals surface area contributed by atoms with Crippen LogP contribution in [-0.4, -0.2) is 10.1 Å². The molecule has 1 aliphatic carbocycles. The summed E-state index contributed by atoms with van der Waals surface area (Å²) >= 11 is 9.61. The van der Waals surface area contributed by atoms with Gasteiger partial charge in [-0.3, -0.25) is 0 Å². The number of thiol groups is 1. The van der Waals surface area contributed by atoms with Gasteiger partial charge in [0.1, 0.15) is 0 Å². The molecule has 0 spiro atoms. The molecule has 0 aromatic rings. The lowest BCUT2D eigenvalue weighted by molar-refractivity contribution is 0.545. The SMILES string of the molecule is CCCCCCCCCCCCC1C(=S)C1S. The smallest absolute Gasteiger partial charge is 0.0407 e. The highest BCUT2D eigenvalue weighted by molar-refractivity contribution is 7.88. The maximum atomic E-state index is 5.19. The molecule has 17 heavy (non-hydrogen) atoms. The monoisotopic (exact) mass is 272 g/mol. The van der Waals surface area contributed by atoms with Crippen molar-refractivity contribution >= 4 is 29.7 Å². The second kappa shape index (κ2) is 9.38. The first kappa shape index (κ1) is 15.5. The van der Waals surface area contributed by atoms with Crippen LogP contribution in [0.5, 0.6) is 0 Å². The summed E-state index contributed by atoms with van der Waals surface area (Å²) in [5.74, 6) is 0.683. The summed E-state index contributed by atoms with van der Waals surface area (Å²) in [6.07, 6.45) is 15.5. The zero-order valence-electron chi connectivity index (χ0n) is 11.3. The molecule has 0 nitrogen and oxygen atoms in total. The molecule has 2 heteroatoms. The van der Waals surface area contributed by atoms with Crippen molar-refractivity contribution in [1.29, 1.82) is 0 Å². The lowest BCUT2D eigenvalue weighted by Gasteiger charge is -2.01. The molecule has 0 heterocycles. The van der Waals surface area contributed by atoms with Gasteiger partial charge < -0.3 is 0 Å². The molecular formula is C15H28S2. The van der Waals surface area contributed by atoms with E-state index in [1.165, 1.54) is 75.5 Å². The first-order valence-electron chi connectivity index (χ1n) is 7.49. The molecule has 1 rings (SSSR count). The van der Waals surface area contributed by atoms with E-state index >= 15 is 0 Å². The Kier molecular flexibility index (Phi) is 8.55. The third-order valence-corrected chi connectivity index (χ3v) is 5.17. The van der Waals surface area contributed by atoms with Crippen molar-refractivity contribution in [2.45, 2.75) is 82.8 Å². The summed E-state index contributed by atoms with van der Waals surface area (Å²) in [5, 5.41) is 0.462. The van der Waals surface area contributed by atoms with Crippen molar-refractivity contribution in [1.82, 2.24) is 0 Å². The van der Waals surface area contributed by atoms with E-state index in [9.17, 15) is 0 Å². The molecular weight excluding hydrogens is 244 g/mol. The van der Waals surface area contributed by atoms with Gasteiger partial charge in [0, 0.05) is 16.0 Å². The second-order valence-corrected chi connectivity index (χ2v) is 6.45. The van der Waals surface area contributed by atoms with Crippen LogP contribution < -0.4 is 0 Å². The Bertz CT molecular complexity index is 213. The second-order valence-electron chi connectivity index (χ2n) is 5.42. The molecule has 0 amide bonds. The van der Waals surface area contributed by atoms with E-state index in [2.05, 4.69) is 19.6 Å². The zero-order chi connectivity index (χ0) is 12.5. The van der Waals surface area contributed by atoms with E-state index in [-0.39, 0.29) is 0 Å². The Hall–Kier alpha value is 0.440. The van der Waals surface area contributed by atoms with E-state index < -0.39 is 0 Å². The first-order valence-corrected chi connectivity index (χ1v) is 8.41. The lowest BCUT2D eigenvalue weighted by Crippen LogP contribution is -1.84. The minimum absolute atomic E-state index is 0.462. The van der Waals surface area contributed by atoms with Gasteiger partial charge in [-0.1, -0.05) is 83.3 Å². The van der Waals surface area contributed by atoms with E-state index in [1.54, 1.807) is 0 Å². The van der Waals surface area contributed by atoms with Crippen LogP contribution in [0.3, 0.4) is 0 Å². The molecule has 1 saturated carbocycles. The molecule has 0 radical (unpaired) electrons. The lowest BCUT2D eigenvalue weighted by atomic mass is 10.1. The Labute approximate surface area is 118 Å². The highest BCUT2D eigenvalue weighted by atomic mass is 32.1. The van der Waals surface area contributed by atoms with Gasteiger partial charge in [0.05, 0.1) is 0 Å². The van der Waals surface area contributed by atoms with Crippen LogP contribution in [0.15, 0.2) is 0 Å². The van der Waals surface area contributed by atoms with Crippen molar-refractivity contribution in [3.8, 4) is 0 Å². The van der Waals surface area contributed by atoms with Crippen LogP contribution in [0, 0.1) is 5.92 Å². The van der Waals surface area contributed by atoms with Gasteiger partial charge in [-0.2, -0.15) is 12.6 Å². The quantitative estimate of drug-likeness (QED) is 0.290. The highest BCUT2D eigenvalue weighted by Crippen LogP contribution is 2.37. The van der Waals surface area contributed by atoms with Crippen molar-refractivity contribution in [3.63, 3.8) is 0 Å². The van der Waals surface area contributed by atoms with Gasteiger partial charge in [0.15, 0.2) is 0 Å². The molecule has 1 aliphatic rings. The van der Waals surface area contributed by atoms with Crippen molar-refractivity contribution in [2.75, 3.05) is 0 Å². The van der Waals surface area contributed by atoms with Crippen molar-refractivity contribution < 1.29 is 0 Å². The van der Waals surface area contributed by atoms with Crippen LogP contribution in [0.2, 0.25) is 0 Å². The molecule has 100 valence electrons. The Balaban J connectivity index is 1.72. The molecule has 0 N–H and O–H groups in total. The number of unbranched alkanes of at least 4 members (excludes halogenated alkanes) is 9. The summed E-state index contributed by atoms with van der Waals surface area (Å²) in [4.78, 5) is 1.21. The van der Waals surface area contributed by atoms with Gasteiger partial charge in [-0.15, -0.1) is 0 Å². The van der Waals surface area contributed by atoms with Crippen LogP contribution in [0.25, 0.3) is 0 Å². The van der Waals surface area contributed by atoms with Gasteiger partial charge in [-0.25, -0.2) is 0 Å². The Morgan fingerprint density at radius 3 is 1.71 bits per heavy atom. The average Bonchev–Trinajstić information content (AvgIpc) is 2.89. The largest absolute Gasteiger partial charge is 0.170 e. The van der Waals surface area contributed by atoms with Gasteiger partial charge in [0.2, 0.25) is 0 Å².